The van der Waals surface area contributed by atoms with Crippen LogP contribution in [0.5, 0.6) is 0 Å². The highest BCUT2D eigenvalue weighted by atomic mass is 16.6. The molecule has 24 heavy (non-hydrogen) atoms. The zero-order chi connectivity index (χ0) is 17.2. The summed E-state index contributed by atoms with van der Waals surface area (Å²) >= 11 is 0. The monoisotopic (exact) mass is 323 g/mol. The third-order valence-corrected chi connectivity index (χ3v) is 4.31. The van der Waals surface area contributed by atoms with Crippen molar-refractivity contribution < 1.29 is 9.53 Å². The van der Waals surface area contributed by atoms with Gasteiger partial charge in [-0.25, -0.2) is 4.79 Å². The van der Waals surface area contributed by atoms with Crippen molar-refractivity contribution >= 4 is 6.09 Å². The molecule has 0 aromatic heterocycles. The Labute approximate surface area is 144 Å². The summed E-state index contributed by atoms with van der Waals surface area (Å²) in [5, 5.41) is 0. The highest BCUT2D eigenvalue weighted by molar-refractivity contribution is 5.69. The minimum atomic E-state index is -0.442. The van der Waals surface area contributed by atoms with Gasteiger partial charge in [0, 0.05) is 19.0 Å². The van der Waals surface area contributed by atoms with Crippen molar-refractivity contribution in [3.05, 3.63) is 60.2 Å². The first-order chi connectivity index (χ1) is 11.4. The molecule has 1 fully saturated rings. The van der Waals surface area contributed by atoms with Crippen LogP contribution in [-0.4, -0.2) is 29.7 Å². The minimum Gasteiger partial charge on any atom is -0.444 e. The first-order valence-corrected chi connectivity index (χ1v) is 8.56. The predicted molar refractivity (Wildman–Crippen MR) is 97.0 cm³/mol. The average molecular weight is 323 g/mol. The highest BCUT2D eigenvalue weighted by Crippen LogP contribution is 2.31. The van der Waals surface area contributed by atoms with Crippen LogP contribution in [0.3, 0.4) is 0 Å². The van der Waals surface area contributed by atoms with Crippen molar-refractivity contribution in [2.24, 2.45) is 0 Å². The number of hydrogen-bond acceptors (Lipinski definition) is 2. The van der Waals surface area contributed by atoms with Gasteiger partial charge in [0.05, 0.1) is 0 Å². The van der Waals surface area contributed by atoms with Crippen LogP contribution in [0, 0.1) is 0 Å². The average Bonchev–Trinajstić information content (AvgIpc) is 3.04. The second-order valence-corrected chi connectivity index (χ2v) is 7.40. The second kappa shape index (κ2) is 6.68. The van der Waals surface area contributed by atoms with Crippen molar-refractivity contribution in [3.8, 4) is 11.1 Å². The van der Waals surface area contributed by atoms with Crippen LogP contribution in [0.2, 0.25) is 0 Å². The SMILES string of the molecule is CC(C)(C)OC(=O)N1CC[C@H](c2cccc(-c3ccccc3)c2)C1. The molecule has 0 N–H and O–H groups in total. The van der Waals surface area contributed by atoms with Crippen molar-refractivity contribution in [2.75, 3.05) is 13.1 Å². The third kappa shape index (κ3) is 3.97. The lowest BCUT2D eigenvalue weighted by Crippen LogP contribution is -2.35. The van der Waals surface area contributed by atoms with E-state index in [1.807, 2.05) is 31.7 Å². The molecule has 3 nitrogen and oxygen atoms in total. The van der Waals surface area contributed by atoms with Crippen molar-refractivity contribution in [3.63, 3.8) is 0 Å². The number of carbonyl (C=O) groups is 1. The van der Waals surface area contributed by atoms with Gasteiger partial charge in [0.1, 0.15) is 5.60 Å². The van der Waals surface area contributed by atoms with Crippen LogP contribution in [0.15, 0.2) is 54.6 Å². The third-order valence-electron chi connectivity index (χ3n) is 4.31. The van der Waals surface area contributed by atoms with Crippen molar-refractivity contribution in [2.45, 2.75) is 38.7 Å². The topological polar surface area (TPSA) is 29.5 Å². The summed E-state index contributed by atoms with van der Waals surface area (Å²) in [6, 6.07) is 19.1. The van der Waals surface area contributed by atoms with E-state index in [2.05, 4.69) is 48.5 Å². The van der Waals surface area contributed by atoms with Gasteiger partial charge >= 0.3 is 6.09 Å². The van der Waals surface area contributed by atoms with Gasteiger partial charge in [-0.2, -0.15) is 0 Å². The van der Waals surface area contributed by atoms with Gasteiger partial charge in [-0.1, -0.05) is 54.6 Å². The zero-order valence-corrected chi connectivity index (χ0v) is 14.7. The number of hydrogen-bond donors (Lipinski definition) is 0. The molecule has 1 aliphatic heterocycles. The lowest BCUT2D eigenvalue weighted by Gasteiger charge is -2.24. The molecule has 1 saturated heterocycles. The van der Waals surface area contributed by atoms with Gasteiger partial charge < -0.3 is 9.64 Å². The van der Waals surface area contributed by atoms with Gasteiger partial charge in [-0.05, 0) is 43.9 Å². The number of benzene rings is 2. The maximum Gasteiger partial charge on any atom is 0.410 e. The Morgan fingerprint density at radius 3 is 2.46 bits per heavy atom. The predicted octanol–water partition coefficient (Wildman–Crippen LogP) is 5.08. The Balaban J connectivity index is 1.71. The quantitative estimate of drug-likeness (QED) is 0.771. The first-order valence-electron chi connectivity index (χ1n) is 8.56. The zero-order valence-electron chi connectivity index (χ0n) is 14.7. The molecule has 3 rings (SSSR count). The first kappa shape index (κ1) is 16.6. The Morgan fingerprint density at radius 1 is 1.04 bits per heavy atom. The number of amides is 1. The number of likely N-dealkylation sites (tertiary alicyclic amines) is 1. The fourth-order valence-electron chi connectivity index (χ4n) is 3.13. The Bertz CT molecular complexity index is 703. The summed E-state index contributed by atoms with van der Waals surface area (Å²) in [6.45, 7) is 7.20. The molecule has 0 saturated carbocycles. The van der Waals surface area contributed by atoms with Crippen LogP contribution in [-0.2, 0) is 4.74 Å². The van der Waals surface area contributed by atoms with E-state index in [1.54, 1.807) is 0 Å². The molecule has 0 aliphatic carbocycles. The standard InChI is InChI=1S/C21H25NO2/c1-21(2,3)24-20(23)22-13-12-19(15-22)18-11-7-10-17(14-18)16-8-5-4-6-9-16/h4-11,14,19H,12-13,15H2,1-3H3/t19-/m0/s1. The van der Waals surface area contributed by atoms with Gasteiger partial charge in [0.2, 0.25) is 0 Å². The highest BCUT2D eigenvalue weighted by Gasteiger charge is 2.30. The molecule has 0 bridgehead atoms. The van der Waals surface area contributed by atoms with E-state index < -0.39 is 5.60 Å². The lowest BCUT2D eigenvalue weighted by atomic mass is 9.94. The largest absolute Gasteiger partial charge is 0.444 e. The fraction of sp³-hybridized carbons (Fsp3) is 0.381. The second-order valence-electron chi connectivity index (χ2n) is 7.40. The molecule has 126 valence electrons. The molecule has 3 heteroatoms. The summed E-state index contributed by atoms with van der Waals surface area (Å²) in [5.41, 5.74) is 3.30. The summed E-state index contributed by atoms with van der Waals surface area (Å²) < 4.78 is 5.49. The normalized spacial score (nSPS) is 17.8. The van der Waals surface area contributed by atoms with E-state index in [1.165, 1.54) is 16.7 Å². The summed E-state index contributed by atoms with van der Waals surface area (Å²) in [6.07, 6.45) is 0.779. The van der Waals surface area contributed by atoms with E-state index in [0.29, 0.717) is 5.92 Å². The van der Waals surface area contributed by atoms with Crippen LogP contribution in [0.1, 0.15) is 38.7 Å². The molecule has 0 spiro atoms. The van der Waals surface area contributed by atoms with E-state index in [-0.39, 0.29) is 6.09 Å². The van der Waals surface area contributed by atoms with Gasteiger partial charge in [-0.3, -0.25) is 0 Å². The molecule has 2 aromatic rings. The van der Waals surface area contributed by atoms with Crippen LogP contribution in [0.25, 0.3) is 11.1 Å². The van der Waals surface area contributed by atoms with E-state index >= 15 is 0 Å². The molecule has 0 unspecified atom stereocenters. The maximum absolute atomic E-state index is 12.2. The Kier molecular flexibility index (Phi) is 4.61. The molecule has 1 atom stereocenters. The number of nitrogens with zero attached hydrogens (tertiary/aromatic N) is 1. The Hall–Kier alpha value is -2.29. The van der Waals surface area contributed by atoms with E-state index in [9.17, 15) is 4.79 Å². The Morgan fingerprint density at radius 2 is 1.75 bits per heavy atom. The van der Waals surface area contributed by atoms with Crippen molar-refractivity contribution in [1.82, 2.24) is 4.90 Å². The van der Waals surface area contributed by atoms with Crippen LogP contribution in [0.4, 0.5) is 4.79 Å². The van der Waals surface area contributed by atoms with Gasteiger partial charge in [0.15, 0.2) is 0 Å². The molecule has 1 heterocycles. The number of carbonyl (C=O) groups excluding carboxylic acids is 1. The summed E-state index contributed by atoms with van der Waals surface area (Å²) in [7, 11) is 0. The van der Waals surface area contributed by atoms with E-state index in [0.717, 1.165) is 19.5 Å². The maximum atomic E-state index is 12.2. The van der Waals surface area contributed by atoms with Gasteiger partial charge in [-0.15, -0.1) is 0 Å². The fourth-order valence-corrected chi connectivity index (χ4v) is 3.13. The number of ether oxygens (including phenoxy) is 1. The minimum absolute atomic E-state index is 0.204. The molecule has 1 amide bonds. The lowest BCUT2D eigenvalue weighted by molar-refractivity contribution is 0.0292. The molecular weight excluding hydrogens is 298 g/mol. The van der Waals surface area contributed by atoms with E-state index in [4.69, 9.17) is 4.74 Å². The van der Waals surface area contributed by atoms with Gasteiger partial charge in [0.25, 0.3) is 0 Å². The summed E-state index contributed by atoms with van der Waals surface area (Å²) in [5.74, 6) is 0.376. The molecule has 1 aliphatic rings. The summed E-state index contributed by atoms with van der Waals surface area (Å²) in [4.78, 5) is 14.1. The molecule has 2 aromatic carbocycles. The number of rotatable bonds is 2. The van der Waals surface area contributed by atoms with Crippen LogP contribution < -0.4 is 0 Å². The molecular formula is C21H25NO2. The molecule has 0 radical (unpaired) electrons. The smallest absolute Gasteiger partial charge is 0.410 e. The van der Waals surface area contributed by atoms with Crippen molar-refractivity contribution in [1.29, 1.82) is 0 Å². The van der Waals surface area contributed by atoms with Crippen LogP contribution >= 0.6 is 0 Å².